The second-order valence-corrected chi connectivity index (χ2v) is 5.84. The van der Waals surface area contributed by atoms with Gasteiger partial charge >= 0.3 is 5.97 Å². The van der Waals surface area contributed by atoms with Gasteiger partial charge in [0.15, 0.2) is 0 Å². The molecule has 0 saturated heterocycles. The normalized spacial score (nSPS) is 12.0. The Morgan fingerprint density at radius 1 is 1.39 bits per heavy atom. The zero-order chi connectivity index (χ0) is 17.1. The van der Waals surface area contributed by atoms with Crippen molar-refractivity contribution in [3.05, 3.63) is 46.7 Å². The van der Waals surface area contributed by atoms with E-state index < -0.39 is 11.9 Å². The van der Waals surface area contributed by atoms with Crippen LogP contribution in [0.25, 0.3) is 5.69 Å². The number of carboxylic acids is 1. The molecule has 122 valence electrons. The van der Waals surface area contributed by atoms with Gasteiger partial charge in [-0.05, 0) is 19.1 Å². The van der Waals surface area contributed by atoms with Gasteiger partial charge in [-0.25, -0.2) is 4.68 Å². The van der Waals surface area contributed by atoms with E-state index in [0.29, 0.717) is 22.0 Å². The summed E-state index contributed by atoms with van der Waals surface area (Å²) in [7, 11) is 1.58. The van der Waals surface area contributed by atoms with Crippen molar-refractivity contribution in [3.8, 4) is 5.69 Å². The first-order valence-electron chi connectivity index (χ1n) is 7.10. The van der Waals surface area contributed by atoms with Crippen LogP contribution in [0.15, 0.2) is 30.5 Å². The second kappa shape index (κ2) is 6.83. The molecule has 7 heteroatoms. The molecule has 1 N–H and O–H groups in total. The van der Waals surface area contributed by atoms with Gasteiger partial charge in [-0.3, -0.25) is 9.59 Å². The van der Waals surface area contributed by atoms with Gasteiger partial charge in [0.05, 0.1) is 34.1 Å². The number of para-hydroxylation sites is 1. The molecule has 1 aromatic carbocycles. The fourth-order valence-electron chi connectivity index (χ4n) is 2.26. The van der Waals surface area contributed by atoms with Gasteiger partial charge in [0.25, 0.3) is 5.91 Å². The van der Waals surface area contributed by atoms with Crippen LogP contribution in [0.2, 0.25) is 5.02 Å². The largest absolute Gasteiger partial charge is 0.481 e. The zero-order valence-electron chi connectivity index (χ0n) is 13.2. The Balaban J connectivity index is 2.27. The van der Waals surface area contributed by atoms with E-state index in [-0.39, 0.29) is 12.5 Å². The first-order valence-corrected chi connectivity index (χ1v) is 7.48. The number of hydrogen-bond acceptors (Lipinski definition) is 3. The molecule has 0 aliphatic carbocycles. The van der Waals surface area contributed by atoms with Crippen LogP contribution in [0.5, 0.6) is 0 Å². The highest BCUT2D eigenvalue weighted by Crippen LogP contribution is 2.22. The van der Waals surface area contributed by atoms with Crippen molar-refractivity contribution in [2.45, 2.75) is 13.8 Å². The van der Waals surface area contributed by atoms with Crippen molar-refractivity contribution in [1.82, 2.24) is 14.7 Å². The van der Waals surface area contributed by atoms with E-state index in [0.717, 1.165) is 0 Å². The minimum absolute atomic E-state index is 0.130. The average molecular weight is 336 g/mol. The topological polar surface area (TPSA) is 75.4 Å². The number of aromatic nitrogens is 2. The first-order chi connectivity index (χ1) is 10.8. The molecule has 1 heterocycles. The number of carboxylic acid groups (broad SMARTS) is 1. The third kappa shape index (κ3) is 3.53. The first kappa shape index (κ1) is 17.0. The van der Waals surface area contributed by atoms with E-state index in [1.54, 1.807) is 31.6 Å². The molecule has 0 spiro atoms. The van der Waals surface area contributed by atoms with E-state index in [2.05, 4.69) is 5.10 Å². The summed E-state index contributed by atoms with van der Waals surface area (Å²) >= 11 is 6.16. The Morgan fingerprint density at radius 3 is 2.65 bits per heavy atom. The Kier molecular flexibility index (Phi) is 5.05. The standard InChI is InChI=1S/C16H18ClN3O3/c1-10(16(22)23)9-19(3)15(21)12-8-18-20(11(12)2)14-7-5-4-6-13(14)17/h4-8,10H,9H2,1-3H3,(H,22,23). The van der Waals surface area contributed by atoms with E-state index >= 15 is 0 Å². The smallest absolute Gasteiger partial charge is 0.308 e. The summed E-state index contributed by atoms with van der Waals surface area (Å²) in [6.07, 6.45) is 1.48. The maximum absolute atomic E-state index is 12.5. The summed E-state index contributed by atoms with van der Waals surface area (Å²) in [5, 5.41) is 13.7. The number of hydrogen-bond donors (Lipinski definition) is 1. The number of nitrogens with zero attached hydrogens (tertiary/aromatic N) is 3. The number of carbonyl (C=O) groups excluding carboxylic acids is 1. The van der Waals surface area contributed by atoms with Gasteiger partial charge in [0, 0.05) is 13.6 Å². The highest BCUT2D eigenvalue weighted by atomic mass is 35.5. The van der Waals surface area contributed by atoms with E-state index in [1.165, 1.54) is 11.1 Å². The Bertz CT molecular complexity index is 742. The lowest BCUT2D eigenvalue weighted by molar-refractivity contribution is -0.141. The van der Waals surface area contributed by atoms with E-state index in [9.17, 15) is 9.59 Å². The van der Waals surface area contributed by atoms with Gasteiger partial charge < -0.3 is 10.0 Å². The average Bonchev–Trinajstić information content (AvgIpc) is 2.88. The lowest BCUT2D eigenvalue weighted by atomic mass is 10.1. The number of aliphatic carboxylic acids is 1. The third-order valence-corrected chi connectivity index (χ3v) is 3.96. The summed E-state index contributed by atoms with van der Waals surface area (Å²) < 4.78 is 1.60. The second-order valence-electron chi connectivity index (χ2n) is 5.43. The molecule has 1 atom stereocenters. The molecule has 0 fully saturated rings. The van der Waals surface area contributed by atoms with Gasteiger partial charge in [-0.1, -0.05) is 30.7 Å². The summed E-state index contributed by atoms with van der Waals surface area (Å²) in [5.41, 5.74) is 1.76. The van der Waals surface area contributed by atoms with Crippen LogP contribution in [-0.4, -0.2) is 45.3 Å². The van der Waals surface area contributed by atoms with Crippen molar-refractivity contribution in [3.63, 3.8) is 0 Å². The van der Waals surface area contributed by atoms with Crippen LogP contribution in [0.4, 0.5) is 0 Å². The summed E-state index contributed by atoms with van der Waals surface area (Å²) in [6.45, 7) is 3.47. The lowest BCUT2D eigenvalue weighted by Gasteiger charge is -2.19. The number of halogens is 1. The zero-order valence-corrected chi connectivity index (χ0v) is 13.9. The quantitative estimate of drug-likeness (QED) is 0.911. The van der Waals surface area contributed by atoms with Crippen molar-refractivity contribution in [2.24, 2.45) is 5.92 Å². The SMILES string of the molecule is Cc1c(C(=O)N(C)CC(C)C(=O)O)cnn1-c1ccccc1Cl. The minimum atomic E-state index is -0.937. The van der Waals surface area contributed by atoms with Crippen molar-refractivity contribution in [2.75, 3.05) is 13.6 Å². The maximum atomic E-state index is 12.5. The Morgan fingerprint density at radius 2 is 2.04 bits per heavy atom. The van der Waals surface area contributed by atoms with Crippen LogP contribution in [-0.2, 0) is 4.79 Å². The molecule has 0 radical (unpaired) electrons. The maximum Gasteiger partial charge on any atom is 0.308 e. The third-order valence-electron chi connectivity index (χ3n) is 3.64. The predicted octanol–water partition coefficient (Wildman–Crippen LogP) is 2.63. The molecule has 0 aliphatic rings. The molecule has 2 rings (SSSR count). The van der Waals surface area contributed by atoms with Crippen LogP contribution in [0.3, 0.4) is 0 Å². The molecule has 1 unspecified atom stereocenters. The van der Waals surface area contributed by atoms with Crippen molar-refractivity contribution >= 4 is 23.5 Å². The highest BCUT2D eigenvalue weighted by Gasteiger charge is 2.22. The molecular weight excluding hydrogens is 318 g/mol. The monoisotopic (exact) mass is 335 g/mol. The number of carbonyl (C=O) groups is 2. The van der Waals surface area contributed by atoms with Crippen molar-refractivity contribution < 1.29 is 14.7 Å². The van der Waals surface area contributed by atoms with Crippen LogP contribution in [0, 0.1) is 12.8 Å². The molecule has 0 saturated carbocycles. The van der Waals surface area contributed by atoms with Crippen LogP contribution >= 0.6 is 11.6 Å². The molecular formula is C16H18ClN3O3. The molecule has 1 aromatic heterocycles. The number of rotatable bonds is 5. The van der Waals surface area contributed by atoms with Gasteiger partial charge in [-0.2, -0.15) is 5.10 Å². The number of amides is 1. The van der Waals surface area contributed by atoms with Crippen molar-refractivity contribution in [1.29, 1.82) is 0 Å². The van der Waals surface area contributed by atoms with Crippen LogP contribution in [0.1, 0.15) is 23.0 Å². The predicted molar refractivity (Wildman–Crippen MR) is 87.1 cm³/mol. The summed E-state index contributed by atoms with van der Waals surface area (Å²) in [4.78, 5) is 24.8. The van der Waals surface area contributed by atoms with E-state index in [4.69, 9.17) is 16.7 Å². The summed E-state index contributed by atoms with van der Waals surface area (Å²) in [5.74, 6) is -1.84. The fraction of sp³-hybridized carbons (Fsp3) is 0.312. The highest BCUT2D eigenvalue weighted by molar-refractivity contribution is 6.32. The summed E-state index contributed by atoms with van der Waals surface area (Å²) in [6, 6.07) is 7.22. The Labute approximate surface area is 139 Å². The number of benzene rings is 1. The molecule has 0 aliphatic heterocycles. The molecule has 1 amide bonds. The molecule has 2 aromatic rings. The van der Waals surface area contributed by atoms with Gasteiger partial charge in [0.1, 0.15) is 0 Å². The van der Waals surface area contributed by atoms with Gasteiger partial charge in [-0.15, -0.1) is 0 Å². The lowest BCUT2D eigenvalue weighted by Crippen LogP contribution is -2.33. The van der Waals surface area contributed by atoms with Gasteiger partial charge in [0.2, 0.25) is 0 Å². The molecule has 6 nitrogen and oxygen atoms in total. The fourth-order valence-corrected chi connectivity index (χ4v) is 2.48. The van der Waals surface area contributed by atoms with E-state index in [1.807, 2.05) is 18.2 Å². The molecule has 0 bridgehead atoms. The Hall–Kier alpha value is -2.34. The molecule has 23 heavy (non-hydrogen) atoms. The minimum Gasteiger partial charge on any atom is -0.481 e. The van der Waals surface area contributed by atoms with Crippen LogP contribution < -0.4 is 0 Å².